The van der Waals surface area contributed by atoms with Gasteiger partial charge in [-0.25, -0.2) is 4.79 Å². The number of hydrogen-bond donors (Lipinski definition) is 1. The van der Waals surface area contributed by atoms with Crippen molar-refractivity contribution in [2.24, 2.45) is 4.99 Å². The minimum atomic E-state index is -4.63. The number of rotatable bonds is 10. The molecule has 3 aliphatic rings. The van der Waals surface area contributed by atoms with E-state index >= 15 is 0 Å². The van der Waals surface area contributed by atoms with Crippen LogP contribution < -0.4 is 10.1 Å². The number of halogens is 4. The molecule has 1 N–H and O–H groups in total. The SMILES string of the molecule is C=CC(=C)COc1cc(C(F)(F)F)ccc1C1=NC(c2ccc(C)cc2)C(c2ccc(Cl)cc2)N1C(=O)N1CCN(CC(=O)NC2CC2)CC1. The van der Waals surface area contributed by atoms with Gasteiger partial charge in [0.1, 0.15) is 24.2 Å². The highest BCUT2D eigenvalue weighted by Gasteiger charge is 2.45. The van der Waals surface area contributed by atoms with Gasteiger partial charge in [-0.15, -0.1) is 0 Å². The minimum Gasteiger partial charge on any atom is -0.488 e. The lowest BCUT2D eigenvalue weighted by Gasteiger charge is -2.39. The molecule has 0 aromatic heterocycles. The van der Waals surface area contributed by atoms with Crippen LogP contribution in [0.2, 0.25) is 5.02 Å². The molecule has 2 atom stereocenters. The molecule has 6 rings (SSSR count). The quantitative estimate of drug-likeness (QED) is 0.224. The predicted molar refractivity (Wildman–Crippen MR) is 187 cm³/mol. The van der Waals surface area contributed by atoms with Crippen LogP contribution >= 0.6 is 11.6 Å². The van der Waals surface area contributed by atoms with Gasteiger partial charge in [0.15, 0.2) is 0 Å². The Labute approximate surface area is 294 Å². The van der Waals surface area contributed by atoms with Gasteiger partial charge >= 0.3 is 12.2 Å². The molecule has 0 radical (unpaired) electrons. The zero-order valence-corrected chi connectivity index (χ0v) is 28.5. The standard InChI is InChI=1S/C38H39ClF3N5O3/c1-4-24(2)23-50-32-21-28(38(40,41)42)11-16-31(32)36-44-34(26-7-5-25(3)6-8-26)35(27-9-12-29(39)13-10-27)47(36)37(49)46-19-17-45(18-20-46)22-33(48)43-30-14-15-30/h4-13,16,21,30,34-35H,1-2,14-15,17-20,22-23H2,3H3,(H,43,48). The Morgan fingerprint density at radius 2 is 1.66 bits per heavy atom. The number of piperazine rings is 1. The number of aliphatic imine (C=N–C) groups is 1. The van der Waals surface area contributed by atoms with E-state index in [1.54, 1.807) is 21.9 Å². The lowest BCUT2D eigenvalue weighted by Crippen LogP contribution is -2.55. The number of amides is 3. The maximum absolute atomic E-state index is 14.8. The zero-order chi connectivity index (χ0) is 35.6. The average molecular weight is 706 g/mol. The highest BCUT2D eigenvalue weighted by Crippen LogP contribution is 2.46. The fourth-order valence-corrected chi connectivity index (χ4v) is 6.27. The molecule has 2 heterocycles. The maximum atomic E-state index is 14.8. The number of nitrogens with one attached hydrogen (secondary N) is 1. The van der Waals surface area contributed by atoms with Crippen LogP contribution in [0.4, 0.5) is 18.0 Å². The number of aryl methyl sites for hydroxylation is 1. The van der Waals surface area contributed by atoms with Crippen LogP contribution in [0.15, 0.2) is 96.5 Å². The number of urea groups is 1. The number of hydrogen-bond acceptors (Lipinski definition) is 5. The lowest BCUT2D eigenvalue weighted by molar-refractivity contribution is -0.137. The molecule has 8 nitrogen and oxygen atoms in total. The Hall–Kier alpha value is -4.61. The van der Waals surface area contributed by atoms with Gasteiger partial charge in [0, 0.05) is 37.2 Å². The molecule has 3 amide bonds. The smallest absolute Gasteiger partial charge is 0.416 e. The molecule has 1 saturated carbocycles. The van der Waals surface area contributed by atoms with Gasteiger partial charge in [-0.05, 0) is 66.8 Å². The average Bonchev–Trinajstić information content (AvgIpc) is 3.83. The van der Waals surface area contributed by atoms with E-state index in [1.165, 1.54) is 12.1 Å². The molecule has 2 unspecified atom stereocenters. The van der Waals surface area contributed by atoms with Crippen molar-refractivity contribution in [2.45, 2.75) is 44.1 Å². The molecule has 1 saturated heterocycles. The fourth-order valence-electron chi connectivity index (χ4n) is 6.14. The van der Waals surface area contributed by atoms with Gasteiger partial charge in [0.05, 0.1) is 23.7 Å². The van der Waals surface area contributed by atoms with Gasteiger partial charge < -0.3 is 15.0 Å². The zero-order valence-electron chi connectivity index (χ0n) is 27.8. The van der Waals surface area contributed by atoms with Crippen LogP contribution in [0.25, 0.3) is 0 Å². The van der Waals surface area contributed by atoms with Gasteiger partial charge in [0.2, 0.25) is 5.91 Å². The predicted octanol–water partition coefficient (Wildman–Crippen LogP) is 7.35. The van der Waals surface area contributed by atoms with Crippen LogP contribution in [-0.2, 0) is 11.0 Å². The Morgan fingerprint density at radius 3 is 2.28 bits per heavy atom. The lowest BCUT2D eigenvalue weighted by atomic mass is 9.93. The summed E-state index contributed by atoms with van der Waals surface area (Å²) in [5.74, 6) is 0.0592. The van der Waals surface area contributed by atoms with Crippen molar-refractivity contribution < 1.29 is 27.5 Å². The number of ether oxygens (including phenoxy) is 1. The number of benzene rings is 3. The van der Waals surface area contributed by atoms with E-state index in [-0.39, 0.29) is 48.3 Å². The first-order valence-corrected chi connectivity index (χ1v) is 16.9. The summed E-state index contributed by atoms with van der Waals surface area (Å²) < 4.78 is 47.8. The summed E-state index contributed by atoms with van der Waals surface area (Å²) in [6.07, 6.45) is -1.17. The molecular weight excluding hydrogens is 667 g/mol. The van der Waals surface area contributed by atoms with Crippen molar-refractivity contribution in [2.75, 3.05) is 39.3 Å². The largest absolute Gasteiger partial charge is 0.488 e. The number of nitrogens with zero attached hydrogens (tertiary/aromatic N) is 4. The molecule has 0 spiro atoms. The monoisotopic (exact) mass is 705 g/mol. The van der Waals surface area contributed by atoms with E-state index in [4.69, 9.17) is 21.3 Å². The maximum Gasteiger partial charge on any atom is 0.416 e. The molecule has 12 heteroatoms. The van der Waals surface area contributed by atoms with Gasteiger partial charge in [-0.2, -0.15) is 13.2 Å². The highest BCUT2D eigenvalue weighted by atomic mass is 35.5. The van der Waals surface area contributed by atoms with E-state index in [0.29, 0.717) is 36.8 Å². The van der Waals surface area contributed by atoms with Crippen LogP contribution in [0, 0.1) is 6.92 Å². The topological polar surface area (TPSA) is 77.5 Å². The number of carbonyl (C=O) groups excluding carboxylic acids is 2. The van der Waals surface area contributed by atoms with Crippen molar-refractivity contribution in [3.63, 3.8) is 0 Å². The third kappa shape index (κ3) is 8.05. The summed E-state index contributed by atoms with van der Waals surface area (Å²) >= 11 is 6.29. The Morgan fingerprint density at radius 1 is 1.00 bits per heavy atom. The first kappa shape index (κ1) is 35.2. The summed E-state index contributed by atoms with van der Waals surface area (Å²) in [7, 11) is 0. The molecule has 0 bridgehead atoms. The summed E-state index contributed by atoms with van der Waals surface area (Å²) in [4.78, 5) is 37.7. The summed E-state index contributed by atoms with van der Waals surface area (Å²) in [5.41, 5.74) is 2.41. The second-order valence-electron chi connectivity index (χ2n) is 12.9. The fraction of sp³-hybridized carbons (Fsp3) is 0.342. The number of alkyl halides is 3. The Balaban J connectivity index is 1.41. The normalized spacial score (nSPS) is 19.6. The Bertz CT molecular complexity index is 1780. The third-order valence-corrected chi connectivity index (χ3v) is 9.36. The van der Waals surface area contributed by atoms with Crippen molar-refractivity contribution >= 4 is 29.4 Å². The van der Waals surface area contributed by atoms with E-state index in [1.807, 2.05) is 48.2 Å². The molecular formula is C38H39ClF3N5O3. The Kier molecular flexibility index (Phi) is 10.4. The van der Waals surface area contributed by atoms with Gasteiger partial charge in [-0.3, -0.25) is 19.6 Å². The molecule has 3 aromatic rings. The van der Waals surface area contributed by atoms with Gasteiger partial charge in [0.25, 0.3) is 0 Å². The first-order chi connectivity index (χ1) is 23.9. The molecule has 2 fully saturated rings. The summed E-state index contributed by atoms with van der Waals surface area (Å²) in [6, 6.07) is 16.8. The molecule has 1 aliphatic carbocycles. The van der Waals surface area contributed by atoms with Crippen molar-refractivity contribution in [3.05, 3.63) is 124 Å². The third-order valence-electron chi connectivity index (χ3n) is 9.11. The van der Waals surface area contributed by atoms with E-state index in [2.05, 4.69) is 18.5 Å². The summed E-state index contributed by atoms with van der Waals surface area (Å²) in [6.45, 7) is 11.3. The van der Waals surface area contributed by atoms with Crippen molar-refractivity contribution in [1.29, 1.82) is 0 Å². The molecule has 2 aliphatic heterocycles. The molecule has 50 heavy (non-hydrogen) atoms. The molecule has 262 valence electrons. The van der Waals surface area contributed by atoms with Crippen LogP contribution in [0.5, 0.6) is 5.75 Å². The second kappa shape index (κ2) is 14.7. The van der Waals surface area contributed by atoms with Crippen LogP contribution in [0.3, 0.4) is 0 Å². The highest BCUT2D eigenvalue weighted by molar-refractivity contribution is 6.30. The number of amidine groups is 1. The van der Waals surface area contributed by atoms with Crippen LogP contribution in [0.1, 0.15) is 52.7 Å². The first-order valence-electron chi connectivity index (χ1n) is 16.6. The number of carbonyl (C=O) groups is 2. The van der Waals surface area contributed by atoms with Crippen molar-refractivity contribution in [1.82, 2.24) is 20.0 Å². The van der Waals surface area contributed by atoms with Crippen LogP contribution in [-0.4, -0.2) is 77.8 Å². The minimum absolute atomic E-state index is 0.0287. The van der Waals surface area contributed by atoms with E-state index in [0.717, 1.165) is 41.7 Å². The molecule has 3 aromatic carbocycles. The van der Waals surface area contributed by atoms with E-state index in [9.17, 15) is 22.8 Å². The van der Waals surface area contributed by atoms with Gasteiger partial charge in [-0.1, -0.05) is 72.8 Å². The second-order valence-corrected chi connectivity index (χ2v) is 13.4. The van der Waals surface area contributed by atoms with E-state index < -0.39 is 23.8 Å². The summed E-state index contributed by atoms with van der Waals surface area (Å²) in [5, 5.41) is 3.52. The van der Waals surface area contributed by atoms with Crippen molar-refractivity contribution in [3.8, 4) is 5.75 Å².